The Bertz CT molecular complexity index is 747. The lowest BCUT2D eigenvalue weighted by molar-refractivity contribution is -0.134. The van der Waals surface area contributed by atoms with E-state index in [4.69, 9.17) is 9.47 Å². The Hall–Kier alpha value is -2.50. The Morgan fingerprint density at radius 3 is 2.30 bits per heavy atom. The molecule has 2 aromatic rings. The molecular weight excluding hydrogens is 342 g/mol. The van der Waals surface area contributed by atoms with Crippen molar-refractivity contribution in [3.63, 3.8) is 0 Å². The minimum absolute atomic E-state index is 0.0495. The van der Waals surface area contributed by atoms with Crippen LogP contribution in [0.3, 0.4) is 0 Å². The van der Waals surface area contributed by atoms with Gasteiger partial charge in [0.15, 0.2) is 6.61 Å². The average Bonchev–Trinajstić information content (AvgIpc) is 2.98. The molecule has 6 heteroatoms. The van der Waals surface area contributed by atoms with Gasteiger partial charge < -0.3 is 14.4 Å². The van der Waals surface area contributed by atoms with Crippen molar-refractivity contribution in [2.75, 3.05) is 26.3 Å². The van der Waals surface area contributed by atoms with Crippen molar-refractivity contribution in [2.45, 2.75) is 40.2 Å². The molecule has 1 saturated heterocycles. The van der Waals surface area contributed by atoms with Gasteiger partial charge in [0.2, 0.25) is 0 Å². The normalized spacial score (nSPS) is 15.0. The van der Waals surface area contributed by atoms with E-state index < -0.39 is 0 Å². The van der Waals surface area contributed by atoms with E-state index in [2.05, 4.69) is 22.8 Å². The molecule has 0 radical (unpaired) electrons. The van der Waals surface area contributed by atoms with E-state index in [0.717, 1.165) is 43.9 Å². The Kier molecular flexibility index (Phi) is 6.37. The summed E-state index contributed by atoms with van der Waals surface area (Å²) in [5.74, 6) is 2.11. The van der Waals surface area contributed by atoms with Crippen molar-refractivity contribution in [3.05, 3.63) is 41.7 Å². The Morgan fingerprint density at radius 2 is 1.74 bits per heavy atom. The van der Waals surface area contributed by atoms with Crippen LogP contribution in [-0.4, -0.2) is 46.9 Å². The Balaban J connectivity index is 1.42. The summed E-state index contributed by atoms with van der Waals surface area (Å²) in [4.78, 5) is 14.3. The summed E-state index contributed by atoms with van der Waals surface area (Å²) >= 11 is 0. The Labute approximate surface area is 161 Å². The molecule has 0 saturated carbocycles. The van der Waals surface area contributed by atoms with Crippen molar-refractivity contribution >= 4 is 5.91 Å². The molecule has 1 aliphatic rings. The van der Waals surface area contributed by atoms with Crippen LogP contribution in [0.1, 0.15) is 31.2 Å². The number of benzene rings is 1. The number of carbonyl (C=O) groups excluding carboxylic acids is 1. The van der Waals surface area contributed by atoms with E-state index in [1.807, 2.05) is 43.0 Å². The number of hydrogen-bond donors (Lipinski definition) is 0. The molecule has 0 unspecified atom stereocenters. The van der Waals surface area contributed by atoms with E-state index in [1.54, 1.807) is 0 Å². The first-order valence-corrected chi connectivity index (χ1v) is 9.69. The van der Waals surface area contributed by atoms with Crippen LogP contribution in [0.4, 0.5) is 0 Å². The number of amides is 1. The number of hydrogen-bond acceptors (Lipinski definition) is 4. The van der Waals surface area contributed by atoms with Gasteiger partial charge in [0.05, 0.1) is 12.3 Å². The first-order chi connectivity index (χ1) is 13.0. The van der Waals surface area contributed by atoms with Gasteiger partial charge in [0.1, 0.15) is 11.5 Å². The van der Waals surface area contributed by atoms with Crippen molar-refractivity contribution in [1.82, 2.24) is 14.7 Å². The maximum atomic E-state index is 12.4. The molecule has 1 aliphatic heterocycles. The minimum Gasteiger partial charge on any atom is -0.494 e. The molecule has 6 nitrogen and oxygen atoms in total. The third-order valence-electron chi connectivity index (χ3n) is 5.00. The van der Waals surface area contributed by atoms with Gasteiger partial charge in [0.25, 0.3) is 5.91 Å². The highest BCUT2D eigenvalue weighted by molar-refractivity contribution is 5.77. The van der Waals surface area contributed by atoms with E-state index in [9.17, 15) is 4.79 Å². The fourth-order valence-corrected chi connectivity index (χ4v) is 3.50. The molecule has 1 amide bonds. The van der Waals surface area contributed by atoms with Gasteiger partial charge in [-0.15, -0.1) is 0 Å². The number of aryl methyl sites for hydroxylation is 2. The number of rotatable bonds is 7. The van der Waals surface area contributed by atoms with Gasteiger partial charge in [-0.2, -0.15) is 5.10 Å². The van der Waals surface area contributed by atoms with Crippen molar-refractivity contribution < 1.29 is 14.3 Å². The van der Waals surface area contributed by atoms with Crippen LogP contribution < -0.4 is 9.47 Å². The van der Waals surface area contributed by atoms with Crippen molar-refractivity contribution in [3.8, 4) is 11.5 Å². The third-order valence-corrected chi connectivity index (χ3v) is 5.00. The van der Waals surface area contributed by atoms with Crippen LogP contribution in [0.15, 0.2) is 30.3 Å². The predicted octanol–water partition coefficient (Wildman–Crippen LogP) is 3.22. The lowest BCUT2D eigenvalue weighted by Gasteiger charge is -2.32. The fraction of sp³-hybridized carbons (Fsp3) is 0.524. The number of likely N-dealkylation sites (tertiary alicyclic amines) is 1. The molecule has 27 heavy (non-hydrogen) atoms. The first kappa shape index (κ1) is 19.3. The van der Waals surface area contributed by atoms with Gasteiger partial charge in [0, 0.05) is 25.3 Å². The SMILES string of the molecule is CCOc1ccc(OCC(=O)N2CCC(Cn3nc(C)cc3C)CC2)cc1. The molecule has 1 aromatic carbocycles. The molecule has 1 fully saturated rings. The minimum atomic E-state index is 0.0495. The molecule has 3 rings (SSSR count). The molecule has 0 N–H and O–H groups in total. The maximum Gasteiger partial charge on any atom is 0.260 e. The van der Waals surface area contributed by atoms with E-state index in [0.29, 0.717) is 18.3 Å². The highest BCUT2D eigenvalue weighted by Gasteiger charge is 2.23. The summed E-state index contributed by atoms with van der Waals surface area (Å²) in [6.07, 6.45) is 2.01. The summed E-state index contributed by atoms with van der Waals surface area (Å²) in [6.45, 7) is 9.29. The third kappa shape index (κ3) is 5.25. The van der Waals surface area contributed by atoms with Crippen LogP contribution in [0.25, 0.3) is 0 Å². The van der Waals surface area contributed by atoms with E-state index in [-0.39, 0.29) is 12.5 Å². The van der Waals surface area contributed by atoms with Crippen LogP contribution in [0, 0.1) is 19.8 Å². The van der Waals surface area contributed by atoms with Gasteiger partial charge in [-0.25, -0.2) is 0 Å². The highest BCUT2D eigenvalue weighted by atomic mass is 16.5. The smallest absolute Gasteiger partial charge is 0.260 e. The zero-order chi connectivity index (χ0) is 19.2. The maximum absolute atomic E-state index is 12.4. The average molecular weight is 371 g/mol. The number of ether oxygens (including phenoxy) is 2. The summed E-state index contributed by atoms with van der Waals surface area (Å²) in [5.41, 5.74) is 2.27. The zero-order valence-electron chi connectivity index (χ0n) is 16.5. The molecule has 2 heterocycles. The van der Waals surface area contributed by atoms with Crippen LogP contribution in [-0.2, 0) is 11.3 Å². The number of aromatic nitrogens is 2. The molecule has 0 spiro atoms. The van der Waals surface area contributed by atoms with E-state index in [1.165, 1.54) is 5.69 Å². The van der Waals surface area contributed by atoms with Gasteiger partial charge >= 0.3 is 0 Å². The highest BCUT2D eigenvalue weighted by Crippen LogP contribution is 2.21. The monoisotopic (exact) mass is 371 g/mol. The van der Waals surface area contributed by atoms with Crippen LogP contribution >= 0.6 is 0 Å². The molecule has 1 aromatic heterocycles. The topological polar surface area (TPSA) is 56.6 Å². The van der Waals surface area contributed by atoms with Crippen molar-refractivity contribution in [1.29, 1.82) is 0 Å². The molecular formula is C21H29N3O3. The lowest BCUT2D eigenvalue weighted by atomic mass is 9.97. The first-order valence-electron chi connectivity index (χ1n) is 9.69. The molecule has 0 aliphatic carbocycles. The van der Waals surface area contributed by atoms with Crippen molar-refractivity contribution in [2.24, 2.45) is 5.92 Å². The van der Waals surface area contributed by atoms with E-state index >= 15 is 0 Å². The summed E-state index contributed by atoms with van der Waals surface area (Å²) in [7, 11) is 0. The van der Waals surface area contributed by atoms with Gasteiger partial charge in [-0.3, -0.25) is 9.48 Å². The predicted molar refractivity (Wildman–Crippen MR) is 104 cm³/mol. The lowest BCUT2D eigenvalue weighted by Crippen LogP contribution is -2.41. The second kappa shape index (κ2) is 8.93. The van der Waals surface area contributed by atoms with Crippen LogP contribution in [0.5, 0.6) is 11.5 Å². The second-order valence-corrected chi connectivity index (χ2v) is 7.13. The number of carbonyl (C=O) groups is 1. The fourth-order valence-electron chi connectivity index (χ4n) is 3.50. The standard InChI is InChI=1S/C21H29N3O3/c1-4-26-19-5-7-20(8-6-19)27-15-21(25)23-11-9-18(10-12-23)14-24-17(3)13-16(2)22-24/h5-8,13,18H,4,9-12,14-15H2,1-3H3. The summed E-state index contributed by atoms with van der Waals surface area (Å²) in [5, 5.41) is 4.55. The van der Waals surface area contributed by atoms with Gasteiger partial charge in [-0.1, -0.05) is 0 Å². The summed E-state index contributed by atoms with van der Waals surface area (Å²) in [6, 6.07) is 9.48. The largest absolute Gasteiger partial charge is 0.494 e. The molecule has 146 valence electrons. The van der Waals surface area contributed by atoms with Crippen LogP contribution in [0.2, 0.25) is 0 Å². The zero-order valence-corrected chi connectivity index (χ0v) is 16.5. The number of piperidine rings is 1. The molecule has 0 atom stereocenters. The second-order valence-electron chi connectivity index (χ2n) is 7.13. The molecule has 0 bridgehead atoms. The summed E-state index contributed by atoms with van der Waals surface area (Å²) < 4.78 is 13.1. The number of nitrogens with zero attached hydrogens (tertiary/aromatic N) is 3. The Morgan fingerprint density at radius 1 is 1.11 bits per heavy atom. The quantitative estimate of drug-likeness (QED) is 0.750. The van der Waals surface area contributed by atoms with Gasteiger partial charge in [-0.05, 0) is 69.9 Å².